The van der Waals surface area contributed by atoms with E-state index in [1.54, 1.807) is 0 Å². The van der Waals surface area contributed by atoms with Crippen LogP contribution in [0.5, 0.6) is 0 Å². The summed E-state index contributed by atoms with van der Waals surface area (Å²) in [6, 6.07) is 0. The van der Waals surface area contributed by atoms with Crippen molar-refractivity contribution < 1.29 is 0 Å². The van der Waals surface area contributed by atoms with Crippen molar-refractivity contribution >= 4 is 11.6 Å². The Morgan fingerprint density at radius 1 is 1.56 bits per heavy atom. The van der Waals surface area contributed by atoms with Crippen molar-refractivity contribution in [2.75, 3.05) is 0 Å². The molecule has 0 nitrogen and oxygen atoms in total. The van der Waals surface area contributed by atoms with Gasteiger partial charge in [-0.3, -0.25) is 0 Å². The lowest BCUT2D eigenvalue weighted by molar-refractivity contribution is 0.382. The summed E-state index contributed by atoms with van der Waals surface area (Å²) < 4.78 is 0. The Morgan fingerprint density at radius 2 is 2.33 bits per heavy atom. The van der Waals surface area contributed by atoms with Crippen molar-refractivity contribution in [3.8, 4) is 0 Å². The number of hydrogen-bond acceptors (Lipinski definition) is 0. The highest BCUT2D eigenvalue weighted by molar-refractivity contribution is 6.24. The molecule has 3 atom stereocenters. The number of hydrogen-bond donors (Lipinski definition) is 0. The SMILES string of the molecule is CC1CC2CCC1(Cl)C2. The molecular weight excluding hydrogens is 132 g/mol. The summed E-state index contributed by atoms with van der Waals surface area (Å²) in [5.41, 5.74) is 0. The second-order valence-corrected chi connectivity index (χ2v) is 4.53. The molecule has 2 rings (SSSR count). The topological polar surface area (TPSA) is 0 Å². The minimum Gasteiger partial charge on any atom is -0.119 e. The van der Waals surface area contributed by atoms with E-state index >= 15 is 0 Å². The van der Waals surface area contributed by atoms with E-state index < -0.39 is 0 Å². The highest BCUT2D eigenvalue weighted by Gasteiger charge is 2.48. The van der Waals surface area contributed by atoms with Crippen LogP contribution in [0, 0.1) is 11.8 Å². The van der Waals surface area contributed by atoms with Gasteiger partial charge >= 0.3 is 0 Å². The van der Waals surface area contributed by atoms with Crippen LogP contribution in [0.2, 0.25) is 0 Å². The zero-order chi connectivity index (χ0) is 6.48. The Bertz CT molecular complexity index is 133. The molecule has 0 saturated heterocycles. The van der Waals surface area contributed by atoms with E-state index in [0.717, 1.165) is 11.8 Å². The summed E-state index contributed by atoms with van der Waals surface area (Å²) in [6.45, 7) is 2.30. The zero-order valence-corrected chi connectivity index (χ0v) is 6.62. The van der Waals surface area contributed by atoms with E-state index in [1.807, 2.05) is 0 Å². The Morgan fingerprint density at radius 3 is 2.56 bits per heavy atom. The maximum atomic E-state index is 6.35. The van der Waals surface area contributed by atoms with Crippen molar-refractivity contribution in [3.05, 3.63) is 0 Å². The van der Waals surface area contributed by atoms with Crippen molar-refractivity contribution in [1.29, 1.82) is 0 Å². The molecule has 52 valence electrons. The molecule has 2 aliphatic rings. The van der Waals surface area contributed by atoms with Crippen LogP contribution in [0.4, 0.5) is 0 Å². The van der Waals surface area contributed by atoms with Gasteiger partial charge in [-0.15, -0.1) is 11.6 Å². The molecule has 0 amide bonds. The summed E-state index contributed by atoms with van der Waals surface area (Å²) in [5.74, 6) is 1.77. The van der Waals surface area contributed by atoms with Gasteiger partial charge in [0.05, 0.1) is 0 Å². The summed E-state index contributed by atoms with van der Waals surface area (Å²) in [4.78, 5) is 0.241. The zero-order valence-electron chi connectivity index (χ0n) is 5.86. The predicted molar refractivity (Wildman–Crippen MR) is 39.7 cm³/mol. The maximum Gasteiger partial charge on any atom is 0.0475 e. The Balaban J connectivity index is 2.22. The summed E-state index contributed by atoms with van der Waals surface area (Å²) in [7, 11) is 0. The van der Waals surface area contributed by atoms with Crippen LogP contribution in [0.25, 0.3) is 0 Å². The molecule has 9 heavy (non-hydrogen) atoms. The van der Waals surface area contributed by atoms with Gasteiger partial charge in [0.25, 0.3) is 0 Å². The van der Waals surface area contributed by atoms with Crippen LogP contribution < -0.4 is 0 Å². The Kier molecular flexibility index (Phi) is 1.11. The fourth-order valence-electron chi connectivity index (χ4n) is 2.49. The fraction of sp³-hybridized carbons (Fsp3) is 1.00. The molecule has 2 bridgehead atoms. The third-order valence-corrected chi connectivity index (χ3v) is 3.88. The third kappa shape index (κ3) is 0.724. The molecular formula is C8H13Cl. The highest BCUT2D eigenvalue weighted by Crippen LogP contribution is 2.54. The quantitative estimate of drug-likeness (QED) is 0.459. The van der Waals surface area contributed by atoms with Gasteiger partial charge in [-0.05, 0) is 37.5 Å². The van der Waals surface area contributed by atoms with Crippen LogP contribution in [0.15, 0.2) is 0 Å². The fourth-order valence-corrected chi connectivity index (χ4v) is 2.90. The molecule has 0 aromatic heterocycles. The smallest absolute Gasteiger partial charge is 0.0475 e. The van der Waals surface area contributed by atoms with Crippen LogP contribution in [0.1, 0.15) is 32.6 Å². The lowest BCUT2D eigenvalue weighted by atomic mass is 9.90. The molecule has 2 fully saturated rings. The minimum atomic E-state index is 0.241. The standard InChI is InChI=1S/C8H13Cl/c1-6-4-7-2-3-8(6,9)5-7/h6-7H,2-5H2,1H3. The van der Waals surface area contributed by atoms with Crippen molar-refractivity contribution in [2.45, 2.75) is 37.5 Å². The van der Waals surface area contributed by atoms with E-state index in [2.05, 4.69) is 6.92 Å². The number of fused-ring (bicyclic) bond motifs is 2. The van der Waals surface area contributed by atoms with Crippen molar-refractivity contribution in [2.24, 2.45) is 11.8 Å². The number of halogens is 1. The van der Waals surface area contributed by atoms with Gasteiger partial charge in [-0.1, -0.05) is 6.92 Å². The molecule has 0 N–H and O–H groups in total. The van der Waals surface area contributed by atoms with Gasteiger partial charge in [0, 0.05) is 4.87 Å². The summed E-state index contributed by atoms with van der Waals surface area (Å²) >= 11 is 6.35. The molecule has 0 aliphatic heterocycles. The Hall–Kier alpha value is 0.290. The van der Waals surface area contributed by atoms with Gasteiger partial charge in [0.1, 0.15) is 0 Å². The number of rotatable bonds is 0. The molecule has 0 spiro atoms. The first-order chi connectivity index (χ1) is 4.21. The van der Waals surface area contributed by atoms with Crippen LogP contribution in [-0.4, -0.2) is 4.87 Å². The molecule has 0 aromatic carbocycles. The first-order valence-corrected chi connectivity index (χ1v) is 4.27. The second-order valence-electron chi connectivity index (χ2n) is 3.78. The van der Waals surface area contributed by atoms with Crippen LogP contribution >= 0.6 is 11.6 Å². The second kappa shape index (κ2) is 1.66. The Labute approximate surface area is 61.6 Å². The predicted octanol–water partition coefficient (Wildman–Crippen LogP) is 2.80. The van der Waals surface area contributed by atoms with E-state index in [9.17, 15) is 0 Å². The van der Waals surface area contributed by atoms with E-state index in [0.29, 0.717) is 0 Å². The number of alkyl halides is 1. The normalized spacial score (nSPS) is 56.7. The van der Waals surface area contributed by atoms with Gasteiger partial charge in [0.2, 0.25) is 0 Å². The van der Waals surface area contributed by atoms with Crippen LogP contribution in [0.3, 0.4) is 0 Å². The third-order valence-electron chi connectivity index (χ3n) is 3.17. The first-order valence-electron chi connectivity index (χ1n) is 3.90. The molecule has 0 aromatic rings. The highest BCUT2D eigenvalue weighted by atomic mass is 35.5. The molecule has 2 saturated carbocycles. The summed E-state index contributed by atoms with van der Waals surface area (Å²) in [5, 5.41) is 0. The van der Waals surface area contributed by atoms with Gasteiger partial charge < -0.3 is 0 Å². The maximum absolute atomic E-state index is 6.35. The first kappa shape index (κ1) is 6.03. The average molecular weight is 145 g/mol. The lowest BCUT2D eigenvalue weighted by Gasteiger charge is -2.25. The molecule has 3 unspecified atom stereocenters. The van der Waals surface area contributed by atoms with Gasteiger partial charge in [0.15, 0.2) is 0 Å². The molecule has 1 heteroatoms. The lowest BCUT2D eigenvalue weighted by Crippen LogP contribution is -2.22. The van der Waals surface area contributed by atoms with E-state index in [-0.39, 0.29) is 4.87 Å². The van der Waals surface area contributed by atoms with Gasteiger partial charge in [-0.25, -0.2) is 0 Å². The van der Waals surface area contributed by atoms with Gasteiger partial charge in [-0.2, -0.15) is 0 Å². The monoisotopic (exact) mass is 144 g/mol. The molecule has 2 aliphatic carbocycles. The van der Waals surface area contributed by atoms with Crippen molar-refractivity contribution in [3.63, 3.8) is 0 Å². The largest absolute Gasteiger partial charge is 0.119 e. The van der Waals surface area contributed by atoms with E-state index in [1.165, 1.54) is 25.7 Å². The summed E-state index contributed by atoms with van der Waals surface area (Å²) in [6.07, 6.45) is 5.37. The minimum absolute atomic E-state index is 0.241. The van der Waals surface area contributed by atoms with Crippen LogP contribution in [-0.2, 0) is 0 Å². The molecule has 0 heterocycles. The van der Waals surface area contributed by atoms with E-state index in [4.69, 9.17) is 11.6 Å². The average Bonchev–Trinajstić information content (AvgIpc) is 2.22. The molecule has 0 radical (unpaired) electrons. The van der Waals surface area contributed by atoms with Crippen molar-refractivity contribution in [1.82, 2.24) is 0 Å².